The molecule has 0 saturated heterocycles. The van der Waals surface area contributed by atoms with Crippen LogP contribution in [0.25, 0.3) is 0 Å². The van der Waals surface area contributed by atoms with E-state index in [9.17, 15) is 0 Å². The molecular weight excluding hydrogens is 304 g/mol. The summed E-state index contributed by atoms with van der Waals surface area (Å²) >= 11 is 0. The molecule has 3 heterocycles. The van der Waals surface area contributed by atoms with Crippen LogP contribution in [0.15, 0.2) is 36.9 Å². The van der Waals surface area contributed by atoms with Crippen molar-refractivity contribution < 1.29 is 9.47 Å². The molecule has 0 atom stereocenters. The van der Waals surface area contributed by atoms with E-state index in [0.717, 1.165) is 48.9 Å². The first-order chi connectivity index (χ1) is 11.8. The van der Waals surface area contributed by atoms with Crippen LogP contribution in [-0.2, 0) is 5.41 Å². The molecule has 0 amide bonds. The van der Waals surface area contributed by atoms with E-state index in [0.29, 0.717) is 6.01 Å². The van der Waals surface area contributed by atoms with Gasteiger partial charge in [0.05, 0.1) is 31.4 Å². The van der Waals surface area contributed by atoms with Crippen LogP contribution in [-0.4, -0.2) is 23.2 Å². The van der Waals surface area contributed by atoms with Gasteiger partial charge in [-0.1, -0.05) is 6.07 Å². The van der Waals surface area contributed by atoms with Crippen molar-refractivity contribution in [3.63, 3.8) is 0 Å². The van der Waals surface area contributed by atoms with Gasteiger partial charge in [0.1, 0.15) is 11.5 Å². The first kappa shape index (κ1) is 13.7. The summed E-state index contributed by atoms with van der Waals surface area (Å²) in [6, 6.07) is 4.40. The van der Waals surface area contributed by atoms with Gasteiger partial charge in [-0.25, -0.2) is 9.97 Å². The van der Waals surface area contributed by atoms with Gasteiger partial charge in [0.15, 0.2) is 0 Å². The van der Waals surface area contributed by atoms with Gasteiger partial charge < -0.3 is 19.7 Å². The zero-order valence-electron chi connectivity index (χ0n) is 13.5. The van der Waals surface area contributed by atoms with Crippen LogP contribution in [0.3, 0.4) is 0 Å². The minimum Gasteiger partial charge on any atom is -0.492 e. The molecule has 1 spiro atoms. The molecule has 122 valence electrons. The summed E-state index contributed by atoms with van der Waals surface area (Å²) in [7, 11) is 0. The van der Waals surface area contributed by atoms with E-state index in [4.69, 9.17) is 9.47 Å². The van der Waals surface area contributed by atoms with Crippen molar-refractivity contribution in [1.82, 2.24) is 15.3 Å². The quantitative estimate of drug-likeness (QED) is 0.938. The number of fused-ring (bicyclic) bond motifs is 2. The van der Waals surface area contributed by atoms with Crippen molar-refractivity contribution >= 4 is 5.69 Å². The molecule has 1 N–H and O–H groups in total. The van der Waals surface area contributed by atoms with E-state index < -0.39 is 0 Å². The molecule has 2 aromatic rings. The Balaban J connectivity index is 1.44. The molecule has 6 heteroatoms. The third-order valence-electron chi connectivity index (χ3n) is 4.97. The molecule has 1 aromatic carbocycles. The molecule has 2 aliphatic heterocycles. The highest BCUT2D eigenvalue weighted by atomic mass is 16.5. The zero-order valence-corrected chi connectivity index (χ0v) is 13.5. The Kier molecular flexibility index (Phi) is 2.77. The number of hydrogen-bond acceptors (Lipinski definition) is 6. The van der Waals surface area contributed by atoms with E-state index in [1.807, 2.05) is 29.4 Å². The highest BCUT2D eigenvalue weighted by Gasteiger charge is 2.53. The monoisotopic (exact) mass is 322 g/mol. The summed E-state index contributed by atoms with van der Waals surface area (Å²) in [4.78, 5) is 10.7. The molecule has 5 rings (SSSR count). The SMILES string of the molecule is Cc1ccc(Oc2ncc(N3C=CNC3)cn2)c2c1OCC21CC1. The number of rotatable bonds is 3. The highest BCUT2D eigenvalue weighted by Crippen LogP contribution is 2.59. The molecule has 0 bridgehead atoms. The van der Waals surface area contributed by atoms with Crippen LogP contribution < -0.4 is 19.7 Å². The Bertz CT molecular complexity index is 828. The number of aryl methyl sites for hydroxylation is 1. The lowest BCUT2D eigenvalue weighted by molar-refractivity contribution is 0.321. The van der Waals surface area contributed by atoms with Gasteiger partial charge in [-0.2, -0.15) is 0 Å². The first-order valence-electron chi connectivity index (χ1n) is 8.19. The Morgan fingerprint density at radius 2 is 2.08 bits per heavy atom. The van der Waals surface area contributed by atoms with Gasteiger partial charge in [-0.05, 0) is 31.4 Å². The minimum atomic E-state index is 0.155. The number of aromatic nitrogens is 2. The predicted octanol–water partition coefficient (Wildman–Crippen LogP) is 2.84. The Morgan fingerprint density at radius 1 is 1.25 bits per heavy atom. The summed E-state index contributed by atoms with van der Waals surface area (Å²) in [6.45, 7) is 3.57. The molecule has 1 aliphatic carbocycles. The number of anilines is 1. The number of nitrogens with one attached hydrogen (secondary N) is 1. The van der Waals surface area contributed by atoms with Gasteiger partial charge in [-0.15, -0.1) is 0 Å². The van der Waals surface area contributed by atoms with Crippen molar-refractivity contribution in [2.75, 3.05) is 18.2 Å². The molecular formula is C18H18N4O2. The normalized spacial score (nSPS) is 19.1. The number of nitrogens with zero attached hydrogens (tertiary/aromatic N) is 3. The number of hydrogen-bond donors (Lipinski definition) is 1. The molecule has 24 heavy (non-hydrogen) atoms. The fraction of sp³-hybridized carbons (Fsp3) is 0.333. The number of ether oxygens (including phenoxy) is 2. The maximum absolute atomic E-state index is 6.02. The molecule has 6 nitrogen and oxygen atoms in total. The lowest BCUT2D eigenvalue weighted by atomic mass is 9.95. The Morgan fingerprint density at radius 3 is 2.79 bits per heavy atom. The van der Waals surface area contributed by atoms with Gasteiger partial charge in [-0.3, -0.25) is 0 Å². The fourth-order valence-electron chi connectivity index (χ4n) is 3.40. The van der Waals surface area contributed by atoms with E-state index in [1.165, 1.54) is 5.56 Å². The summed E-state index contributed by atoms with van der Waals surface area (Å²) in [5.41, 5.74) is 3.44. The molecule has 0 unspecified atom stereocenters. The van der Waals surface area contributed by atoms with Gasteiger partial charge in [0.25, 0.3) is 0 Å². The molecule has 3 aliphatic rings. The second-order valence-electron chi connectivity index (χ2n) is 6.63. The van der Waals surface area contributed by atoms with Crippen LogP contribution in [0, 0.1) is 6.92 Å². The highest BCUT2D eigenvalue weighted by molar-refractivity contribution is 5.59. The Labute approximate surface area is 140 Å². The van der Waals surface area contributed by atoms with Gasteiger partial charge >= 0.3 is 6.01 Å². The van der Waals surface area contributed by atoms with Crippen molar-refractivity contribution in [2.24, 2.45) is 0 Å². The van der Waals surface area contributed by atoms with Crippen LogP contribution in [0.5, 0.6) is 17.5 Å². The standard InChI is InChI=1S/C18H18N4O2/c1-12-2-3-14(15-16(12)23-10-18(15)4-5-18)24-17-20-8-13(9-21-17)22-7-6-19-11-22/h2-3,6-9,19H,4-5,10-11H2,1H3. The summed E-state index contributed by atoms with van der Waals surface area (Å²) in [5, 5.41) is 3.12. The van der Waals surface area contributed by atoms with Gasteiger partial charge in [0, 0.05) is 23.4 Å². The average molecular weight is 322 g/mol. The van der Waals surface area contributed by atoms with E-state index in [-0.39, 0.29) is 5.41 Å². The van der Waals surface area contributed by atoms with Crippen LogP contribution in [0.2, 0.25) is 0 Å². The molecule has 1 fully saturated rings. The first-order valence-corrected chi connectivity index (χ1v) is 8.19. The Hall–Kier alpha value is -2.76. The summed E-state index contributed by atoms with van der Waals surface area (Å²) < 4.78 is 11.9. The smallest absolute Gasteiger partial charge is 0.322 e. The van der Waals surface area contributed by atoms with Gasteiger partial charge in [0.2, 0.25) is 0 Å². The van der Waals surface area contributed by atoms with E-state index >= 15 is 0 Å². The largest absolute Gasteiger partial charge is 0.492 e. The maximum Gasteiger partial charge on any atom is 0.322 e. The van der Waals surface area contributed by atoms with Crippen LogP contribution in [0.1, 0.15) is 24.0 Å². The lowest BCUT2D eigenvalue weighted by Crippen LogP contribution is -2.19. The van der Waals surface area contributed by atoms with Crippen LogP contribution >= 0.6 is 0 Å². The average Bonchev–Trinajstić information content (AvgIpc) is 3.02. The fourth-order valence-corrected chi connectivity index (χ4v) is 3.40. The van der Waals surface area contributed by atoms with Crippen LogP contribution in [0.4, 0.5) is 5.69 Å². The third-order valence-corrected chi connectivity index (χ3v) is 4.97. The summed E-state index contributed by atoms with van der Waals surface area (Å²) in [6.07, 6.45) is 9.73. The van der Waals surface area contributed by atoms with E-state index in [2.05, 4.69) is 22.2 Å². The topological polar surface area (TPSA) is 59.5 Å². The molecule has 1 saturated carbocycles. The van der Waals surface area contributed by atoms with Crippen molar-refractivity contribution in [2.45, 2.75) is 25.2 Å². The molecule has 1 aromatic heterocycles. The maximum atomic E-state index is 6.02. The second kappa shape index (κ2) is 4.87. The second-order valence-corrected chi connectivity index (χ2v) is 6.63. The van der Waals surface area contributed by atoms with Crippen molar-refractivity contribution in [3.8, 4) is 17.5 Å². The predicted molar refractivity (Wildman–Crippen MR) is 89.3 cm³/mol. The molecule has 0 radical (unpaired) electrons. The summed E-state index contributed by atoms with van der Waals surface area (Å²) in [5.74, 6) is 1.80. The number of benzene rings is 1. The zero-order chi connectivity index (χ0) is 16.1. The van der Waals surface area contributed by atoms with Crippen molar-refractivity contribution in [3.05, 3.63) is 48.1 Å². The lowest BCUT2D eigenvalue weighted by Gasteiger charge is -2.15. The van der Waals surface area contributed by atoms with E-state index in [1.54, 1.807) is 12.4 Å². The van der Waals surface area contributed by atoms with Crippen molar-refractivity contribution in [1.29, 1.82) is 0 Å². The third kappa shape index (κ3) is 2.02. The minimum absolute atomic E-state index is 0.155.